The lowest BCUT2D eigenvalue weighted by Crippen LogP contribution is -2.17. The molecule has 5 nitrogen and oxygen atoms in total. The highest BCUT2D eigenvalue weighted by atomic mass is 19.1. The van der Waals surface area contributed by atoms with E-state index >= 15 is 0 Å². The van der Waals surface area contributed by atoms with Gasteiger partial charge in [-0.25, -0.2) is 14.4 Å². The molecule has 0 bridgehead atoms. The number of hydrogen-bond donors (Lipinski definition) is 2. The molecule has 0 radical (unpaired) electrons. The second-order valence-corrected chi connectivity index (χ2v) is 7.59. The SMILES string of the molecule is Cc1cc(CC(=O)Nc2ncc(-c3ccc(F)cc3)nc2/C=C/c2ccccc2)ccc1O. The molecule has 1 aromatic heterocycles. The number of halogens is 1. The van der Waals surface area contributed by atoms with Gasteiger partial charge in [-0.05, 0) is 60.0 Å². The van der Waals surface area contributed by atoms with E-state index in [1.807, 2.05) is 36.4 Å². The Bertz CT molecular complexity index is 1300. The van der Waals surface area contributed by atoms with E-state index in [1.54, 1.807) is 49.5 Å². The minimum absolute atomic E-state index is 0.129. The lowest BCUT2D eigenvalue weighted by Gasteiger charge is -2.10. The Kier molecular flexibility index (Phi) is 6.55. The zero-order valence-electron chi connectivity index (χ0n) is 18.0. The number of amides is 1. The minimum atomic E-state index is -0.329. The molecule has 1 heterocycles. The summed E-state index contributed by atoms with van der Waals surface area (Å²) in [5.74, 6) is -0.0641. The van der Waals surface area contributed by atoms with Crippen LogP contribution in [0.3, 0.4) is 0 Å². The van der Waals surface area contributed by atoms with Gasteiger partial charge in [0.2, 0.25) is 5.91 Å². The predicted molar refractivity (Wildman–Crippen MR) is 128 cm³/mol. The van der Waals surface area contributed by atoms with Gasteiger partial charge in [-0.1, -0.05) is 48.5 Å². The average Bonchev–Trinajstić information content (AvgIpc) is 2.82. The normalized spacial score (nSPS) is 11.0. The maximum atomic E-state index is 13.3. The number of aryl methyl sites for hydroxylation is 1. The molecule has 1 amide bonds. The molecule has 0 spiro atoms. The first-order chi connectivity index (χ1) is 16.0. The fourth-order valence-electron chi connectivity index (χ4n) is 3.30. The molecule has 4 rings (SSSR count). The van der Waals surface area contributed by atoms with Crippen LogP contribution in [0.5, 0.6) is 5.75 Å². The van der Waals surface area contributed by atoms with Crippen molar-refractivity contribution in [2.24, 2.45) is 0 Å². The van der Waals surface area contributed by atoms with Gasteiger partial charge in [0.1, 0.15) is 17.3 Å². The summed E-state index contributed by atoms with van der Waals surface area (Å²) in [6.45, 7) is 1.78. The minimum Gasteiger partial charge on any atom is -0.508 e. The molecule has 33 heavy (non-hydrogen) atoms. The Balaban J connectivity index is 1.62. The Labute approximate surface area is 191 Å². The number of rotatable bonds is 6. The van der Waals surface area contributed by atoms with Crippen molar-refractivity contribution in [1.29, 1.82) is 0 Å². The lowest BCUT2D eigenvalue weighted by molar-refractivity contribution is -0.115. The van der Waals surface area contributed by atoms with E-state index in [0.717, 1.165) is 16.7 Å². The Morgan fingerprint density at radius 1 is 1.03 bits per heavy atom. The van der Waals surface area contributed by atoms with Crippen LogP contribution in [0.25, 0.3) is 23.4 Å². The first-order valence-corrected chi connectivity index (χ1v) is 10.4. The van der Waals surface area contributed by atoms with Crippen molar-refractivity contribution in [1.82, 2.24) is 9.97 Å². The van der Waals surface area contributed by atoms with Crippen LogP contribution in [-0.2, 0) is 11.2 Å². The number of hydrogen-bond acceptors (Lipinski definition) is 4. The fraction of sp³-hybridized carbons (Fsp3) is 0.0741. The third kappa shape index (κ3) is 5.68. The first kappa shape index (κ1) is 21.9. The third-order valence-corrected chi connectivity index (χ3v) is 5.06. The van der Waals surface area contributed by atoms with Gasteiger partial charge < -0.3 is 10.4 Å². The van der Waals surface area contributed by atoms with Crippen LogP contribution in [0.2, 0.25) is 0 Å². The molecule has 164 valence electrons. The predicted octanol–water partition coefficient (Wildman–Crippen LogP) is 5.65. The molecule has 0 aliphatic heterocycles. The van der Waals surface area contributed by atoms with Crippen LogP contribution in [0.15, 0.2) is 79.0 Å². The maximum Gasteiger partial charge on any atom is 0.230 e. The van der Waals surface area contributed by atoms with Crippen molar-refractivity contribution in [3.63, 3.8) is 0 Å². The summed E-state index contributed by atoms with van der Waals surface area (Å²) in [4.78, 5) is 21.8. The van der Waals surface area contributed by atoms with Crippen molar-refractivity contribution in [2.45, 2.75) is 13.3 Å². The second-order valence-electron chi connectivity index (χ2n) is 7.59. The quantitative estimate of drug-likeness (QED) is 0.407. The number of nitrogens with zero attached hydrogens (tertiary/aromatic N) is 2. The molecule has 0 atom stereocenters. The standard InChI is InChI=1S/C27H22FN3O2/c1-18-15-20(8-14-25(18)32)16-26(33)31-27-23(13-7-19-5-3-2-4-6-19)30-24(17-29-27)21-9-11-22(28)12-10-21/h2-15,17,32H,16H2,1H3,(H,29,31,33)/b13-7+. The van der Waals surface area contributed by atoms with E-state index in [0.29, 0.717) is 22.8 Å². The largest absolute Gasteiger partial charge is 0.508 e. The van der Waals surface area contributed by atoms with Crippen molar-refractivity contribution in [3.05, 3.63) is 107 Å². The molecule has 0 saturated heterocycles. The summed E-state index contributed by atoms with van der Waals surface area (Å²) in [5.41, 5.74) is 4.22. The highest BCUT2D eigenvalue weighted by molar-refractivity contribution is 5.93. The van der Waals surface area contributed by atoms with E-state index in [9.17, 15) is 14.3 Å². The van der Waals surface area contributed by atoms with Crippen LogP contribution in [-0.4, -0.2) is 21.0 Å². The maximum absolute atomic E-state index is 13.3. The molecule has 3 aromatic carbocycles. The Morgan fingerprint density at radius 3 is 2.52 bits per heavy atom. The van der Waals surface area contributed by atoms with Crippen LogP contribution in [0.1, 0.15) is 22.4 Å². The van der Waals surface area contributed by atoms with Crippen LogP contribution >= 0.6 is 0 Å². The van der Waals surface area contributed by atoms with Crippen molar-refractivity contribution in [3.8, 4) is 17.0 Å². The Hall–Kier alpha value is -4.32. The molecule has 0 fully saturated rings. The zero-order valence-corrected chi connectivity index (χ0v) is 18.0. The molecule has 0 aliphatic carbocycles. The third-order valence-electron chi connectivity index (χ3n) is 5.06. The number of carbonyl (C=O) groups is 1. The van der Waals surface area contributed by atoms with Crippen molar-refractivity contribution in [2.75, 3.05) is 5.32 Å². The summed E-state index contributed by atoms with van der Waals surface area (Å²) < 4.78 is 13.3. The summed E-state index contributed by atoms with van der Waals surface area (Å²) in [6.07, 6.45) is 5.35. The Morgan fingerprint density at radius 2 is 1.79 bits per heavy atom. The molecular formula is C27H22FN3O2. The molecule has 0 saturated carbocycles. The number of phenolic OH excluding ortho intramolecular Hbond substituents is 1. The first-order valence-electron chi connectivity index (χ1n) is 10.4. The van der Waals surface area contributed by atoms with Gasteiger partial charge in [0.05, 0.1) is 18.3 Å². The smallest absolute Gasteiger partial charge is 0.230 e. The van der Waals surface area contributed by atoms with Gasteiger partial charge >= 0.3 is 0 Å². The molecule has 0 unspecified atom stereocenters. The monoisotopic (exact) mass is 439 g/mol. The number of aromatic nitrogens is 2. The molecule has 2 N–H and O–H groups in total. The highest BCUT2D eigenvalue weighted by Crippen LogP contribution is 2.22. The summed E-state index contributed by atoms with van der Waals surface area (Å²) in [5, 5.41) is 12.5. The molecule has 0 aliphatic rings. The van der Waals surface area contributed by atoms with Crippen LogP contribution in [0, 0.1) is 12.7 Å². The molecule has 6 heteroatoms. The number of aromatic hydroxyl groups is 1. The van der Waals surface area contributed by atoms with E-state index in [1.165, 1.54) is 12.1 Å². The number of phenols is 1. The van der Waals surface area contributed by atoms with Crippen molar-refractivity contribution >= 4 is 23.9 Å². The summed E-state index contributed by atoms with van der Waals surface area (Å²) >= 11 is 0. The summed E-state index contributed by atoms with van der Waals surface area (Å²) in [7, 11) is 0. The second kappa shape index (κ2) is 9.87. The van der Waals surface area contributed by atoms with Crippen molar-refractivity contribution < 1.29 is 14.3 Å². The van der Waals surface area contributed by atoms with E-state index < -0.39 is 0 Å². The highest BCUT2D eigenvalue weighted by Gasteiger charge is 2.12. The van der Waals surface area contributed by atoms with Gasteiger partial charge in [-0.3, -0.25) is 4.79 Å². The van der Waals surface area contributed by atoms with Crippen LogP contribution in [0.4, 0.5) is 10.2 Å². The number of benzene rings is 3. The number of carbonyl (C=O) groups excluding carboxylic acids is 1. The van der Waals surface area contributed by atoms with E-state index in [2.05, 4.69) is 15.3 Å². The van der Waals surface area contributed by atoms with E-state index in [-0.39, 0.29) is 23.9 Å². The van der Waals surface area contributed by atoms with E-state index in [4.69, 9.17) is 0 Å². The van der Waals surface area contributed by atoms with Gasteiger partial charge in [0.25, 0.3) is 0 Å². The average molecular weight is 439 g/mol. The van der Waals surface area contributed by atoms with Crippen LogP contribution < -0.4 is 5.32 Å². The number of nitrogens with one attached hydrogen (secondary N) is 1. The van der Waals surface area contributed by atoms with Gasteiger partial charge in [-0.2, -0.15) is 0 Å². The van der Waals surface area contributed by atoms with Gasteiger partial charge in [0, 0.05) is 5.56 Å². The topological polar surface area (TPSA) is 75.1 Å². The lowest BCUT2D eigenvalue weighted by atomic mass is 10.1. The van der Waals surface area contributed by atoms with Gasteiger partial charge in [0.15, 0.2) is 5.82 Å². The molecular weight excluding hydrogens is 417 g/mol. The molecule has 4 aromatic rings. The summed E-state index contributed by atoms with van der Waals surface area (Å²) in [6, 6.07) is 20.8. The van der Waals surface area contributed by atoms with Gasteiger partial charge in [-0.15, -0.1) is 0 Å². The number of anilines is 1. The zero-order chi connectivity index (χ0) is 23.2. The fourth-order valence-corrected chi connectivity index (χ4v) is 3.30.